The molecule has 0 saturated heterocycles. The Balaban J connectivity index is 1.77. The lowest BCUT2D eigenvalue weighted by Crippen LogP contribution is -2.21. The van der Waals surface area contributed by atoms with E-state index in [4.69, 9.17) is 13.9 Å². The Hall–Kier alpha value is -3.04. The first-order chi connectivity index (χ1) is 14.1. The van der Waals surface area contributed by atoms with Gasteiger partial charge >= 0.3 is 6.09 Å². The van der Waals surface area contributed by atoms with Crippen molar-refractivity contribution in [2.24, 2.45) is 0 Å². The first kappa shape index (κ1) is 20.7. The van der Waals surface area contributed by atoms with E-state index >= 15 is 0 Å². The van der Waals surface area contributed by atoms with E-state index in [1.807, 2.05) is 6.92 Å². The highest BCUT2D eigenvalue weighted by molar-refractivity contribution is 7.18. The number of rotatable bonds is 9. The zero-order valence-corrected chi connectivity index (χ0v) is 16.9. The summed E-state index contributed by atoms with van der Waals surface area (Å²) in [4.78, 5) is 33.8. The zero-order valence-electron chi connectivity index (χ0n) is 16.1. The minimum Gasteiger partial charge on any atom is -0.463 e. The van der Waals surface area contributed by atoms with Gasteiger partial charge in [-0.2, -0.15) is 0 Å². The number of ether oxygens (including phenoxy) is 2. The number of anilines is 1. The third-order valence-corrected chi connectivity index (χ3v) is 4.85. The number of hydrogen-bond acceptors (Lipinski definition) is 8. The Morgan fingerprint density at radius 1 is 1.28 bits per heavy atom. The van der Waals surface area contributed by atoms with Crippen molar-refractivity contribution in [3.05, 3.63) is 53.4 Å². The van der Waals surface area contributed by atoms with Gasteiger partial charge in [0.1, 0.15) is 22.4 Å². The highest BCUT2D eigenvalue weighted by atomic mass is 32.1. The molecule has 3 aromatic rings. The van der Waals surface area contributed by atoms with E-state index in [0.29, 0.717) is 36.0 Å². The molecule has 29 heavy (non-hydrogen) atoms. The minimum atomic E-state index is -0.648. The van der Waals surface area contributed by atoms with Crippen LogP contribution < -0.4 is 5.32 Å². The fraction of sp³-hybridized carbons (Fsp3) is 0.300. The van der Waals surface area contributed by atoms with Gasteiger partial charge in [-0.05, 0) is 38.1 Å². The van der Waals surface area contributed by atoms with Crippen molar-refractivity contribution >= 4 is 28.3 Å². The number of pyridine rings is 1. The average molecular weight is 415 g/mol. The quantitative estimate of drug-likeness (QED) is 0.408. The maximum atomic E-state index is 12.9. The number of ketones is 1. The Bertz CT molecular complexity index is 940. The van der Waals surface area contributed by atoms with Gasteiger partial charge in [0.25, 0.3) is 0 Å². The van der Waals surface area contributed by atoms with Crippen LogP contribution in [0.2, 0.25) is 0 Å². The average Bonchev–Trinajstić information content (AvgIpc) is 3.38. The van der Waals surface area contributed by atoms with Gasteiger partial charge in [0.2, 0.25) is 5.78 Å². The second-order valence-electron chi connectivity index (χ2n) is 6.04. The van der Waals surface area contributed by atoms with Crippen molar-refractivity contribution in [3.8, 4) is 11.5 Å². The molecule has 8 nitrogen and oxygen atoms in total. The van der Waals surface area contributed by atoms with Gasteiger partial charge in [0.05, 0.1) is 12.9 Å². The highest BCUT2D eigenvalue weighted by Gasteiger charge is 2.24. The molecule has 3 rings (SSSR count). The van der Waals surface area contributed by atoms with Crippen LogP contribution in [0.15, 0.2) is 47.2 Å². The number of nitrogens with one attached hydrogen (secondary N) is 1. The zero-order chi connectivity index (χ0) is 20.6. The van der Waals surface area contributed by atoms with Crippen LogP contribution >= 0.6 is 11.3 Å². The van der Waals surface area contributed by atoms with Crippen molar-refractivity contribution in [1.82, 2.24) is 9.97 Å². The number of amides is 1. The van der Waals surface area contributed by atoms with E-state index in [9.17, 15) is 9.59 Å². The van der Waals surface area contributed by atoms with E-state index in [1.165, 1.54) is 6.26 Å². The first-order valence-corrected chi connectivity index (χ1v) is 9.96. The van der Waals surface area contributed by atoms with Crippen LogP contribution in [0.5, 0.6) is 0 Å². The fourth-order valence-corrected chi connectivity index (χ4v) is 3.38. The van der Waals surface area contributed by atoms with E-state index in [-0.39, 0.29) is 22.7 Å². The van der Waals surface area contributed by atoms with E-state index in [0.717, 1.165) is 11.3 Å². The summed E-state index contributed by atoms with van der Waals surface area (Å²) in [6.07, 6.45) is 2.65. The molecule has 1 atom stereocenters. The number of nitrogens with zero attached hydrogens (tertiary/aromatic N) is 2. The van der Waals surface area contributed by atoms with Crippen molar-refractivity contribution in [3.63, 3.8) is 0 Å². The lowest BCUT2D eigenvalue weighted by molar-refractivity contribution is 0.0776. The summed E-state index contributed by atoms with van der Waals surface area (Å²) >= 11 is 1.04. The molecule has 0 aliphatic carbocycles. The predicted octanol–water partition coefficient (Wildman–Crippen LogP) is 4.39. The van der Waals surface area contributed by atoms with Crippen LogP contribution in [0, 0.1) is 0 Å². The van der Waals surface area contributed by atoms with Crippen LogP contribution in [0.25, 0.3) is 11.5 Å². The molecule has 0 fully saturated rings. The van der Waals surface area contributed by atoms with Gasteiger partial charge < -0.3 is 13.9 Å². The van der Waals surface area contributed by atoms with Gasteiger partial charge in [0, 0.05) is 19.2 Å². The molecule has 3 aromatic heterocycles. The molecule has 0 spiro atoms. The molecular formula is C20H21N3O5S. The molecule has 0 radical (unpaired) electrons. The Kier molecular flexibility index (Phi) is 7.09. The summed E-state index contributed by atoms with van der Waals surface area (Å²) in [6, 6.07) is 8.48. The molecule has 0 bridgehead atoms. The summed E-state index contributed by atoms with van der Waals surface area (Å²) in [5.74, 6) is 0.119. The topological polar surface area (TPSA) is 104 Å². The summed E-state index contributed by atoms with van der Waals surface area (Å²) in [5, 5.41) is 2.82. The van der Waals surface area contributed by atoms with Crippen molar-refractivity contribution in [2.75, 3.05) is 18.5 Å². The molecule has 0 saturated carbocycles. The number of aromatic nitrogens is 2. The largest absolute Gasteiger partial charge is 0.463 e. The summed E-state index contributed by atoms with van der Waals surface area (Å²) in [7, 11) is 0. The van der Waals surface area contributed by atoms with Crippen LogP contribution in [0.4, 0.5) is 9.93 Å². The lowest BCUT2D eigenvalue weighted by atomic mass is 10.1. The molecule has 1 unspecified atom stereocenters. The Labute approximate surface area is 171 Å². The monoisotopic (exact) mass is 415 g/mol. The van der Waals surface area contributed by atoms with Crippen LogP contribution in [-0.4, -0.2) is 41.2 Å². The summed E-state index contributed by atoms with van der Waals surface area (Å²) < 4.78 is 16.0. The van der Waals surface area contributed by atoms with E-state index in [1.54, 1.807) is 43.5 Å². The molecule has 152 valence electrons. The van der Waals surface area contributed by atoms with E-state index < -0.39 is 6.09 Å². The SMILES string of the molecule is CCOCCC(C)OC(=O)Nc1nc(-c2ccco2)c(C(=O)c2ccccn2)s1. The first-order valence-electron chi connectivity index (χ1n) is 9.14. The minimum absolute atomic E-state index is 0.234. The number of carbonyl (C=O) groups is 2. The fourth-order valence-electron chi connectivity index (χ4n) is 2.47. The summed E-state index contributed by atoms with van der Waals surface area (Å²) in [6.45, 7) is 4.81. The summed E-state index contributed by atoms with van der Waals surface area (Å²) in [5.41, 5.74) is 0.623. The lowest BCUT2D eigenvalue weighted by Gasteiger charge is -2.12. The molecule has 1 N–H and O–H groups in total. The van der Waals surface area contributed by atoms with Crippen LogP contribution in [-0.2, 0) is 9.47 Å². The van der Waals surface area contributed by atoms with Crippen molar-refractivity contribution in [1.29, 1.82) is 0 Å². The van der Waals surface area contributed by atoms with Gasteiger partial charge in [-0.3, -0.25) is 15.1 Å². The number of furan rings is 1. The molecule has 0 aromatic carbocycles. The molecular weight excluding hydrogens is 394 g/mol. The Morgan fingerprint density at radius 3 is 2.83 bits per heavy atom. The van der Waals surface area contributed by atoms with Crippen LogP contribution in [0.3, 0.4) is 0 Å². The standard InChI is InChI=1S/C20H21N3O5S/c1-3-26-12-9-13(2)28-20(25)23-19-22-16(15-8-6-11-27-15)18(29-19)17(24)14-7-4-5-10-21-14/h4-8,10-11,13H,3,9,12H2,1-2H3,(H,22,23,25). The van der Waals surface area contributed by atoms with Gasteiger partial charge in [0.15, 0.2) is 10.9 Å². The normalized spacial score (nSPS) is 11.8. The van der Waals surface area contributed by atoms with Crippen molar-refractivity contribution < 1.29 is 23.5 Å². The third kappa shape index (κ3) is 5.49. The second-order valence-corrected chi connectivity index (χ2v) is 7.04. The number of thiazole rings is 1. The molecule has 0 aliphatic rings. The smallest absolute Gasteiger partial charge is 0.413 e. The maximum Gasteiger partial charge on any atom is 0.413 e. The van der Waals surface area contributed by atoms with Gasteiger partial charge in [-0.1, -0.05) is 17.4 Å². The van der Waals surface area contributed by atoms with Gasteiger partial charge in [-0.25, -0.2) is 9.78 Å². The second kappa shape index (κ2) is 9.94. The Morgan fingerprint density at radius 2 is 2.14 bits per heavy atom. The number of hydrogen-bond donors (Lipinski definition) is 1. The van der Waals surface area contributed by atoms with Gasteiger partial charge in [-0.15, -0.1) is 0 Å². The number of carbonyl (C=O) groups excluding carboxylic acids is 2. The predicted molar refractivity (Wildman–Crippen MR) is 108 cm³/mol. The third-order valence-electron chi connectivity index (χ3n) is 3.88. The van der Waals surface area contributed by atoms with E-state index in [2.05, 4.69) is 15.3 Å². The molecule has 9 heteroatoms. The molecule has 1 amide bonds. The van der Waals surface area contributed by atoms with Crippen molar-refractivity contribution in [2.45, 2.75) is 26.4 Å². The molecule has 0 aliphatic heterocycles. The maximum absolute atomic E-state index is 12.9. The van der Waals surface area contributed by atoms with Crippen LogP contribution in [0.1, 0.15) is 35.6 Å². The molecule has 3 heterocycles. The highest BCUT2D eigenvalue weighted by Crippen LogP contribution is 2.33.